The molecule has 0 bridgehead atoms. The summed E-state index contributed by atoms with van der Waals surface area (Å²) in [5.41, 5.74) is 1.20. The van der Waals surface area contributed by atoms with Gasteiger partial charge in [0.25, 0.3) is 5.91 Å². The van der Waals surface area contributed by atoms with Gasteiger partial charge in [0, 0.05) is 25.2 Å². The predicted molar refractivity (Wildman–Crippen MR) is 91.8 cm³/mol. The van der Waals surface area contributed by atoms with Gasteiger partial charge in [-0.25, -0.2) is 0 Å². The molecule has 0 spiro atoms. The van der Waals surface area contributed by atoms with E-state index in [-0.39, 0.29) is 5.91 Å². The molecule has 7 heteroatoms. The third kappa shape index (κ3) is 2.96. The fourth-order valence-corrected chi connectivity index (χ4v) is 2.71. The highest BCUT2D eigenvalue weighted by molar-refractivity contribution is 7.80. The van der Waals surface area contributed by atoms with E-state index < -0.39 is 0 Å². The van der Waals surface area contributed by atoms with Crippen LogP contribution in [0.25, 0.3) is 6.08 Å². The number of hydrogen-bond acceptors (Lipinski definition) is 5. The Hall–Kier alpha value is -2.28. The molecule has 0 radical (unpaired) electrons. The van der Waals surface area contributed by atoms with Crippen molar-refractivity contribution in [1.82, 2.24) is 9.80 Å². The lowest BCUT2D eigenvalue weighted by Gasteiger charge is -2.14. The summed E-state index contributed by atoms with van der Waals surface area (Å²) >= 11 is 5.30. The molecule has 1 aliphatic heterocycles. The molecule has 0 aliphatic carbocycles. The molecule has 0 N–H and O–H groups in total. The Morgan fingerprint density at radius 3 is 2.13 bits per heavy atom. The van der Waals surface area contributed by atoms with Gasteiger partial charge in [0.15, 0.2) is 16.6 Å². The largest absolute Gasteiger partial charge is 0.496 e. The number of likely N-dealkylation sites (N-methyl/N-ethyl adjacent to an activating group) is 2. The van der Waals surface area contributed by atoms with Gasteiger partial charge in [0.1, 0.15) is 11.4 Å². The normalized spacial score (nSPS) is 16.3. The van der Waals surface area contributed by atoms with Crippen LogP contribution in [0.1, 0.15) is 12.5 Å². The highest BCUT2D eigenvalue weighted by Crippen LogP contribution is 2.36. The summed E-state index contributed by atoms with van der Waals surface area (Å²) in [4.78, 5) is 15.7. The lowest BCUT2D eigenvalue weighted by Crippen LogP contribution is -2.30. The minimum Gasteiger partial charge on any atom is -0.496 e. The second kappa shape index (κ2) is 6.87. The maximum Gasteiger partial charge on any atom is 0.276 e. The highest BCUT2D eigenvalue weighted by atomic mass is 32.1. The zero-order chi connectivity index (χ0) is 17.1. The SMILES string of the molecule is CCN1C(=O)/C(=C\c2cc(OC)c(OC)cc2OC)N(C)C1=S. The first-order valence-electron chi connectivity index (χ1n) is 7.09. The topological polar surface area (TPSA) is 51.2 Å². The van der Waals surface area contributed by atoms with Crippen LogP contribution < -0.4 is 14.2 Å². The van der Waals surface area contributed by atoms with Crippen LogP contribution in [0.2, 0.25) is 0 Å². The average molecular weight is 336 g/mol. The molecule has 1 fully saturated rings. The number of carbonyl (C=O) groups is 1. The minimum absolute atomic E-state index is 0.128. The molecular formula is C16H20N2O4S. The first-order chi connectivity index (χ1) is 11.0. The molecule has 0 aromatic heterocycles. The number of thiocarbonyl (C=S) groups is 1. The van der Waals surface area contributed by atoms with Crippen molar-refractivity contribution in [2.75, 3.05) is 34.9 Å². The third-order valence-electron chi connectivity index (χ3n) is 3.69. The van der Waals surface area contributed by atoms with Crippen LogP contribution in [0, 0.1) is 0 Å². The Balaban J connectivity index is 2.54. The summed E-state index contributed by atoms with van der Waals surface area (Å²) in [6.07, 6.45) is 1.74. The van der Waals surface area contributed by atoms with E-state index in [0.29, 0.717) is 40.2 Å². The first-order valence-corrected chi connectivity index (χ1v) is 7.50. The Morgan fingerprint density at radius 1 is 1.09 bits per heavy atom. The molecule has 1 aromatic rings. The van der Waals surface area contributed by atoms with Gasteiger partial charge in [-0.3, -0.25) is 9.69 Å². The predicted octanol–water partition coefficient (Wildman–Crippen LogP) is 2.13. The number of ether oxygens (including phenoxy) is 3. The number of rotatable bonds is 5. The fourth-order valence-electron chi connectivity index (χ4n) is 2.40. The van der Waals surface area contributed by atoms with Crippen LogP contribution >= 0.6 is 12.2 Å². The number of hydrogen-bond donors (Lipinski definition) is 0. The van der Waals surface area contributed by atoms with Crippen molar-refractivity contribution < 1.29 is 19.0 Å². The van der Waals surface area contributed by atoms with E-state index in [4.69, 9.17) is 26.4 Å². The maximum absolute atomic E-state index is 12.5. The van der Waals surface area contributed by atoms with Crippen LogP contribution in [0.4, 0.5) is 0 Å². The molecule has 1 saturated heterocycles. The smallest absolute Gasteiger partial charge is 0.276 e. The molecule has 1 aromatic carbocycles. The van der Waals surface area contributed by atoms with Crippen molar-refractivity contribution in [3.05, 3.63) is 23.4 Å². The summed E-state index contributed by atoms with van der Waals surface area (Å²) in [7, 11) is 6.45. The van der Waals surface area contributed by atoms with E-state index in [1.807, 2.05) is 6.92 Å². The van der Waals surface area contributed by atoms with E-state index in [1.54, 1.807) is 56.4 Å². The minimum atomic E-state index is -0.128. The summed E-state index contributed by atoms with van der Waals surface area (Å²) in [5, 5.41) is 0.489. The van der Waals surface area contributed by atoms with Gasteiger partial charge in [-0.1, -0.05) is 0 Å². The number of nitrogens with zero attached hydrogens (tertiary/aromatic N) is 2. The van der Waals surface area contributed by atoms with Gasteiger partial charge < -0.3 is 19.1 Å². The van der Waals surface area contributed by atoms with Crippen LogP contribution in [0.5, 0.6) is 17.2 Å². The molecular weight excluding hydrogens is 316 g/mol. The summed E-state index contributed by atoms with van der Waals surface area (Å²) in [5.74, 6) is 1.57. The summed E-state index contributed by atoms with van der Waals surface area (Å²) in [6, 6.07) is 3.49. The fraction of sp³-hybridized carbons (Fsp3) is 0.375. The van der Waals surface area contributed by atoms with Crippen molar-refractivity contribution in [1.29, 1.82) is 0 Å². The number of methoxy groups -OCH3 is 3. The molecule has 1 amide bonds. The number of benzene rings is 1. The van der Waals surface area contributed by atoms with Gasteiger partial charge in [-0.15, -0.1) is 0 Å². The van der Waals surface area contributed by atoms with E-state index >= 15 is 0 Å². The quantitative estimate of drug-likeness (QED) is 0.606. The second-order valence-corrected chi connectivity index (χ2v) is 5.23. The molecule has 1 heterocycles. The van der Waals surface area contributed by atoms with Crippen molar-refractivity contribution >= 4 is 29.3 Å². The van der Waals surface area contributed by atoms with Crippen molar-refractivity contribution in [2.24, 2.45) is 0 Å². The lowest BCUT2D eigenvalue weighted by molar-refractivity contribution is -0.122. The van der Waals surface area contributed by atoms with Crippen LogP contribution in [-0.2, 0) is 4.79 Å². The Morgan fingerprint density at radius 2 is 1.65 bits per heavy atom. The second-order valence-electron chi connectivity index (χ2n) is 4.87. The number of amides is 1. The van der Waals surface area contributed by atoms with E-state index in [9.17, 15) is 4.79 Å². The Kier molecular flexibility index (Phi) is 5.10. The van der Waals surface area contributed by atoms with Gasteiger partial charge in [-0.2, -0.15) is 0 Å². The van der Waals surface area contributed by atoms with Crippen LogP contribution in [0.15, 0.2) is 17.8 Å². The van der Waals surface area contributed by atoms with Gasteiger partial charge in [0.2, 0.25) is 0 Å². The third-order valence-corrected chi connectivity index (χ3v) is 4.18. The van der Waals surface area contributed by atoms with Gasteiger partial charge >= 0.3 is 0 Å². The van der Waals surface area contributed by atoms with Crippen LogP contribution in [0.3, 0.4) is 0 Å². The van der Waals surface area contributed by atoms with E-state index in [1.165, 1.54) is 0 Å². The summed E-state index contributed by atoms with van der Waals surface area (Å²) in [6.45, 7) is 2.42. The standard InChI is InChI=1S/C16H20N2O4S/c1-6-18-15(19)11(17(2)16(18)23)7-10-8-13(21-4)14(22-5)9-12(10)20-3/h7-9H,6H2,1-5H3/b11-7+. The molecule has 0 atom stereocenters. The molecule has 0 saturated carbocycles. The highest BCUT2D eigenvalue weighted by Gasteiger charge is 2.34. The molecule has 2 rings (SSSR count). The molecule has 124 valence electrons. The molecule has 0 unspecified atom stereocenters. The maximum atomic E-state index is 12.5. The lowest BCUT2D eigenvalue weighted by atomic mass is 10.1. The molecule has 23 heavy (non-hydrogen) atoms. The van der Waals surface area contributed by atoms with Crippen molar-refractivity contribution in [3.8, 4) is 17.2 Å². The van der Waals surface area contributed by atoms with E-state index in [2.05, 4.69) is 0 Å². The van der Waals surface area contributed by atoms with E-state index in [0.717, 1.165) is 0 Å². The monoisotopic (exact) mass is 336 g/mol. The van der Waals surface area contributed by atoms with Crippen molar-refractivity contribution in [2.45, 2.75) is 6.92 Å². The van der Waals surface area contributed by atoms with Gasteiger partial charge in [0.05, 0.1) is 21.3 Å². The van der Waals surface area contributed by atoms with Crippen LogP contribution in [-0.4, -0.2) is 55.7 Å². The molecule has 1 aliphatic rings. The van der Waals surface area contributed by atoms with Gasteiger partial charge in [-0.05, 0) is 31.3 Å². The Bertz CT molecular complexity index is 672. The summed E-state index contributed by atoms with van der Waals surface area (Å²) < 4.78 is 16.0. The van der Waals surface area contributed by atoms with Crippen molar-refractivity contribution in [3.63, 3.8) is 0 Å². The zero-order valence-corrected chi connectivity index (χ0v) is 14.7. The number of carbonyl (C=O) groups excluding carboxylic acids is 1. The first kappa shape index (κ1) is 17.1. The molecule has 6 nitrogen and oxygen atoms in total. The zero-order valence-electron chi connectivity index (χ0n) is 13.9. The Labute approximate surface area is 141 Å². The average Bonchev–Trinajstić information content (AvgIpc) is 2.77.